The Balaban J connectivity index is 1.87. The first kappa shape index (κ1) is 19.2. The van der Waals surface area contributed by atoms with Crippen LogP contribution in [0.15, 0.2) is 115 Å². The predicted octanol–water partition coefficient (Wildman–Crippen LogP) is 6.45. The molecule has 0 amide bonds. The largest absolute Gasteiger partial charge is 0.380 e. The highest BCUT2D eigenvalue weighted by Gasteiger charge is 2.35. The normalized spacial score (nSPS) is 12.5. The summed E-state index contributed by atoms with van der Waals surface area (Å²) in [6, 6.07) is 39.0. The minimum absolute atomic E-state index is 0.0720. The van der Waals surface area contributed by atoms with Gasteiger partial charge in [-0.05, 0) is 41.2 Å². The molecular weight excluding hydrogens is 352 g/mol. The van der Waals surface area contributed by atoms with E-state index in [0.29, 0.717) is 6.42 Å². The van der Waals surface area contributed by atoms with E-state index in [9.17, 15) is 5.11 Å². The topological polar surface area (TPSA) is 20.2 Å². The van der Waals surface area contributed by atoms with Crippen LogP contribution in [0, 0.1) is 6.92 Å². The molecule has 1 heteroatoms. The number of aliphatic hydroxyl groups is 1. The minimum Gasteiger partial charge on any atom is -0.380 e. The molecule has 0 saturated carbocycles. The zero-order chi connectivity index (χ0) is 20.1. The van der Waals surface area contributed by atoms with Crippen LogP contribution in [0.3, 0.4) is 0 Å². The second kappa shape index (κ2) is 8.46. The Labute approximate surface area is 173 Å². The van der Waals surface area contributed by atoms with Crippen LogP contribution < -0.4 is 0 Å². The summed E-state index contributed by atoms with van der Waals surface area (Å²) in [5, 5.41) is 12.1. The Morgan fingerprint density at radius 3 is 1.59 bits per heavy atom. The van der Waals surface area contributed by atoms with Gasteiger partial charge in [0.1, 0.15) is 5.60 Å². The molecule has 0 heterocycles. The summed E-state index contributed by atoms with van der Waals surface area (Å²) in [5.74, 6) is 0.0720. The number of aryl methyl sites for hydroxylation is 1. The lowest BCUT2D eigenvalue weighted by Crippen LogP contribution is -2.30. The summed E-state index contributed by atoms with van der Waals surface area (Å²) < 4.78 is 0. The fraction of sp³-hybridized carbons (Fsp3) is 0.143. The number of hydrogen-bond donors (Lipinski definition) is 1. The van der Waals surface area contributed by atoms with Crippen LogP contribution in [0.4, 0.5) is 0 Å². The van der Waals surface area contributed by atoms with E-state index in [1.165, 1.54) is 16.7 Å². The summed E-state index contributed by atoms with van der Waals surface area (Å²) in [6.07, 6.45) is 0.565. The summed E-state index contributed by atoms with van der Waals surface area (Å²) >= 11 is 0. The third-order valence-corrected chi connectivity index (χ3v) is 5.77. The highest BCUT2D eigenvalue weighted by atomic mass is 16.3. The zero-order valence-corrected chi connectivity index (χ0v) is 16.7. The summed E-state index contributed by atoms with van der Waals surface area (Å²) in [5.41, 5.74) is 4.45. The van der Waals surface area contributed by atoms with Gasteiger partial charge in [-0.1, -0.05) is 115 Å². The fourth-order valence-electron chi connectivity index (χ4n) is 4.20. The lowest BCUT2D eigenvalue weighted by atomic mass is 9.74. The highest BCUT2D eigenvalue weighted by Crippen LogP contribution is 2.42. The smallest absolute Gasteiger partial charge is 0.115 e. The molecule has 29 heavy (non-hydrogen) atoms. The molecule has 1 unspecified atom stereocenters. The van der Waals surface area contributed by atoms with Gasteiger partial charge < -0.3 is 5.11 Å². The summed E-state index contributed by atoms with van der Waals surface area (Å²) in [4.78, 5) is 0. The van der Waals surface area contributed by atoms with Gasteiger partial charge in [-0.2, -0.15) is 0 Å². The molecule has 0 radical (unpaired) electrons. The first-order valence-electron chi connectivity index (χ1n) is 10.1. The minimum atomic E-state index is -1.09. The van der Waals surface area contributed by atoms with Gasteiger partial charge in [0.05, 0.1) is 0 Å². The van der Waals surface area contributed by atoms with Crippen molar-refractivity contribution in [3.63, 3.8) is 0 Å². The van der Waals surface area contributed by atoms with Crippen molar-refractivity contribution in [2.75, 3.05) is 0 Å². The molecule has 1 N–H and O–H groups in total. The standard InChI is InChI=1S/C28H26O/c1-22-13-11-12-20-26(22)27(23-14-5-2-6-15-23)21-28(29,24-16-7-3-8-17-24)25-18-9-4-10-19-25/h2-20,27,29H,21H2,1H3. The molecule has 0 saturated heterocycles. The third-order valence-electron chi connectivity index (χ3n) is 5.77. The van der Waals surface area contributed by atoms with Gasteiger partial charge in [0, 0.05) is 5.92 Å². The Hall–Kier alpha value is -3.16. The second-order valence-electron chi connectivity index (χ2n) is 7.62. The van der Waals surface area contributed by atoms with Crippen molar-refractivity contribution in [2.24, 2.45) is 0 Å². The number of benzene rings is 4. The Kier molecular flexibility index (Phi) is 5.59. The van der Waals surface area contributed by atoms with Crippen molar-refractivity contribution < 1.29 is 5.11 Å². The maximum atomic E-state index is 12.1. The molecule has 4 rings (SSSR count). The van der Waals surface area contributed by atoms with Gasteiger partial charge in [-0.3, -0.25) is 0 Å². The van der Waals surface area contributed by atoms with Crippen molar-refractivity contribution >= 4 is 0 Å². The predicted molar refractivity (Wildman–Crippen MR) is 120 cm³/mol. The van der Waals surface area contributed by atoms with E-state index < -0.39 is 5.60 Å². The maximum Gasteiger partial charge on any atom is 0.115 e. The van der Waals surface area contributed by atoms with Crippen LogP contribution >= 0.6 is 0 Å². The van der Waals surface area contributed by atoms with E-state index in [0.717, 1.165) is 11.1 Å². The molecule has 1 atom stereocenters. The van der Waals surface area contributed by atoms with Crippen LogP contribution in [0.1, 0.15) is 40.2 Å². The average molecular weight is 379 g/mol. The van der Waals surface area contributed by atoms with Crippen LogP contribution in [0.5, 0.6) is 0 Å². The monoisotopic (exact) mass is 378 g/mol. The summed E-state index contributed by atoms with van der Waals surface area (Å²) in [7, 11) is 0. The Morgan fingerprint density at radius 2 is 1.07 bits per heavy atom. The molecule has 0 fully saturated rings. The lowest BCUT2D eigenvalue weighted by Gasteiger charge is -2.34. The van der Waals surface area contributed by atoms with E-state index in [1.807, 2.05) is 66.7 Å². The van der Waals surface area contributed by atoms with Crippen LogP contribution in [-0.2, 0) is 5.60 Å². The third kappa shape index (κ3) is 4.01. The summed E-state index contributed by atoms with van der Waals surface area (Å²) in [6.45, 7) is 2.15. The maximum absolute atomic E-state index is 12.1. The van der Waals surface area contributed by atoms with Gasteiger partial charge in [0.2, 0.25) is 0 Å². The Morgan fingerprint density at radius 1 is 0.621 bits per heavy atom. The van der Waals surface area contributed by atoms with Crippen LogP contribution in [-0.4, -0.2) is 5.11 Å². The van der Waals surface area contributed by atoms with Crippen molar-refractivity contribution in [3.8, 4) is 0 Å². The van der Waals surface area contributed by atoms with Crippen LogP contribution in [0.25, 0.3) is 0 Å². The van der Waals surface area contributed by atoms with E-state index in [1.54, 1.807) is 0 Å². The molecule has 4 aromatic carbocycles. The SMILES string of the molecule is Cc1ccccc1C(CC(O)(c1ccccc1)c1ccccc1)c1ccccc1. The molecule has 0 aromatic heterocycles. The molecule has 4 aromatic rings. The molecule has 0 aliphatic carbocycles. The van der Waals surface area contributed by atoms with Gasteiger partial charge in [-0.25, -0.2) is 0 Å². The van der Waals surface area contributed by atoms with E-state index in [-0.39, 0.29) is 5.92 Å². The van der Waals surface area contributed by atoms with Crippen molar-refractivity contribution in [1.29, 1.82) is 0 Å². The van der Waals surface area contributed by atoms with Crippen molar-refractivity contribution in [2.45, 2.75) is 24.9 Å². The first-order valence-corrected chi connectivity index (χ1v) is 10.1. The van der Waals surface area contributed by atoms with Crippen molar-refractivity contribution in [1.82, 2.24) is 0 Å². The Bertz CT molecular complexity index is 1000. The zero-order valence-electron chi connectivity index (χ0n) is 16.7. The molecular formula is C28H26O. The van der Waals surface area contributed by atoms with Gasteiger partial charge >= 0.3 is 0 Å². The molecule has 144 valence electrons. The van der Waals surface area contributed by atoms with Gasteiger partial charge in [0.15, 0.2) is 0 Å². The van der Waals surface area contributed by atoms with E-state index >= 15 is 0 Å². The molecule has 1 nitrogen and oxygen atoms in total. The van der Waals surface area contributed by atoms with Crippen LogP contribution in [0.2, 0.25) is 0 Å². The quantitative estimate of drug-likeness (QED) is 0.408. The van der Waals surface area contributed by atoms with Gasteiger partial charge in [-0.15, -0.1) is 0 Å². The highest BCUT2D eigenvalue weighted by molar-refractivity contribution is 5.42. The molecule has 0 aliphatic rings. The first-order chi connectivity index (χ1) is 14.2. The molecule has 0 spiro atoms. The van der Waals surface area contributed by atoms with Crippen molar-refractivity contribution in [3.05, 3.63) is 143 Å². The fourth-order valence-corrected chi connectivity index (χ4v) is 4.20. The average Bonchev–Trinajstić information content (AvgIpc) is 2.80. The lowest BCUT2D eigenvalue weighted by molar-refractivity contribution is 0.0663. The van der Waals surface area contributed by atoms with E-state index in [2.05, 4.69) is 55.5 Å². The van der Waals surface area contributed by atoms with E-state index in [4.69, 9.17) is 0 Å². The number of hydrogen-bond acceptors (Lipinski definition) is 1. The molecule has 0 aliphatic heterocycles. The second-order valence-corrected chi connectivity index (χ2v) is 7.62. The number of rotatable bonds is 6. The molecule has 0 bridgehead atoms. The van der Waals surface area contributed by atoms with Gasteiger partial charge in [0.25, 0.3) is 0 Å².